The second-order valence-electron chi connectivity index (χ2n) is 7.67. The number of ether oxygens (including phenoxy) is 1. The first-order chi connectivity index (χ1) is 12.6. The lowest BCUT2D eigenvalue weighted by Crippen LogP contribution is -2.60. The van der Waals surface area contributed by atoms with Crippen molar-refractivity contribution in [3.8, 4) is 0 Å². The van der Waals surface area contributed by atoms with Gasteiger partial charge in [0.1, 0.15) is 5.60 Å². The number of hydrogen-bond acceptors (Lipinski definition) is 5. The topological polar surface area (TPSA) is 99.4 Å². The van der Waals surface area contributed by atoms with Gasteiger partial charge in [-0.3, -0.25) is 4.79 Å². The first-order valence-corrected chi connectivity index (χ1v) is 9.79. The highest BCUT2D eigenvalue weighted by atomic mass is 35.5. The summed E-state index contributed by atoms with van der Waals surface area (Å²) in [4.78, 5) is 33.6. The molecule has 1 aromatic rings. The fraction of sp³-hybridized carbons (Fsp3) is 0.722. The van der Waals surface area contributed by atoms with Crippen molar-refractivity contribution < 1.29 is 14.3 Å². The maximum absolute atomic E-state index is 12.6. The number of aromatic amines is 1. The van der Waals surface area contributed by atoms with Crippen LogP contribution in [0.2, 0.25) is 5.15 Å². The van der Waals surface area contributed by atoms with Crippen molar-refractivity contribution in [2.45, 2.75) is 65.1 Å². The van der Waals surface area contributed by atoms with Gasteiger partial charge >= 0.3 is 6.09 Å². The summed E-state index contributed by atoms with van der Waals surface area (Å²) in [6.07, 6.45) is 0.964. The van der Waals surface area contributed by atoms with Crippen LogP contribution >= 0.6 is 11.6 Å². The van der Waals surface area contributed by atoms with Crippen LogP contribution in [0.15, 0.2) is 0 Å². The number of rotatable bonds is 5. The Labute approximate surface area is 165 Å². The van der Waals surface area contributed by atoms with Crippen molar-refractivity contribution in [2.75, 3.05) is 19.6 Å². The number of carbonyl (C=O) groups excluding carboxylic acids is 2. The molecule has 9 heteroatoms. The molecule has 0 spiro atoms. The van der Waals surface area contributed by atoms with Crippen molar-refractivity contribution in [3.05, 3.63) is 16.7 Å². The third-order valence-corrected chi connectivity index (χ3v) is 4.66. The number of amides is 2. The average molecular weight is 400 g/mol. The van der Waals surface area contributed by atoms with Crippen LogP contribution in [-0.4, -0.2) is 64.2 Å². The van der Waals surface area contributed by atoms with Crippen molar-refractivity contribution in [2.24, 2.45) is 0 Å². The van der Waals surface area contributed by atoms with Gasteiger partial charge in [0.25, 0.3) is 5.91 Å². The zero-order valence-corrected chi connectivity index (χ0v) is 17.4. The lowest BCUT2D eigenvalue weighted by atomic mass is 9.99. The Morgan fingerprint density at radius 2 is 2.04 bits per heavy atom. The quantitative estimate of drug-likeness (QED) is 0.705. The number of likely N-dealkylation sites (tertiary alicyclic amines) is 1. The Morgan fingerprint density at radius 3 is 2.59 bits per heavy atom. The fourth-order valence-electron chi connectivity index (χ4n) is 3.05. The van der Waals surface area contributed by atoms with Crippen molar-refractivity contribution in [1.82, 2.24) is 25.5 Å². The number of piperidine rings is 1. The summed E-state index contributed by atoms with van der Waals surface area (Å²) in [5, 5.41) is 6.68. The Bertz CT molecular complexity index is 670. The Kier molecular flexibility index (Phi) is 7.11. The number of aryl methyl sites for hydroxylation is 1. The second kappa shape index (κ2) is 8.93. The smallest absolute Gasteiger partial charge is 0.410 e. The standard InChI is InChI=1S/C18H30ClN5O3/c1-6-11-14(19)23-15(21-11)16(25)22-12-8-9-24(10-13(12)20-7-2)17(26)27-18(3,4)5/h12-13,20H,6-10H2,1-5H3,(H,21,23)(H,22,25)/t12-,13-/m0/s1. The summed E-state index contributed by atoms with van der Waals surface area (Å²) < 4.78 is 5.46. The Balaban J connectivity index is 2.02. The molecule has 2 atom stereocenters. The largest absolute Gasteiger partial charge is 0.444 e. The molecule has 1 aromatic heterocycles. The molecule has 152 valence electrons. The van der Waals surface area contributed by atoms with Gasteiger partial charge in [0.2, 0.25) is 0 Å². The maximum Gasteiger partial charge on any atom is 0.410 e. The van der Waals surface area contributed by atoms with Gasteiger partial charge < -0.3 is 25.3 Å². The molecule has 1 saturated heterocycles. The van der Waals surface area contributed by atoms with E-state index in [0.29, 0.717) is 31.1 Å². The predicted molar refractivity (Wildman–Crippen MR) is 104 cm³/mol. The minimum Gasteiger partial charge on any atom is -0.444 e. The van der Waals surface area contributed by atoms with Crippen LogP contribution < -0.4 is 10.6 Å². The van der Waals surface area contributed by atoms with Crippen LogP contribution in [0.3, 0.4) is 0 Å². The molecular formula is C18H30ClN5O3. The maximum atomic E-state index is 12.6. The number of aromatic nitrogens is 2. The lowest BCUT2D eigenvalue weighted by Gasteiger charge is -2.39. The second-order valence-corrected chi connectivity index (χ2v) is 8.03. The molecule has 1 aliphatic heterocycles. The molecule has 2 rings (SSSR count). The third-order valence-electron chi connectivity index (χ3n) is 4.34. The van der Waals surface area contributed by atoms with Gasteiger partial charge in [0.05, 0.1) is 5.69 Å². The Morgan fingerprint density at radius 1 is 1.33 bits per heavy atom. The lowest BCUT2D eigenvalue weighted by molar-refractivity contribution is 0.0164. The van der Waals surface area contributed by atoms with Gasteiger partial charge in [0.15, 0.2) is 11.0 Å². The summed E-state index contributed by atoms with van der Waals surface area (Å²) in [5.74, 6) is -0.0862. The van der Waals surface area contributed by atoms with E-state index in [1.807, 2.05) is 34.6 Å². The van der Waals surface area contributed by atoms with Gasteiger partial charge in [-0.05, 0) is 40.2 Å². The molecule has 1 aliphatic rings. The normalized spacial score (nSPS) is 20.4. The molecule has 0 aromatic carbocycles. The molecule has 0 unspecified atom stereocenters. The van der Waals surface area contributed by atoms with Crippen LogP contribution in [0.25, 0.3) is 0 Å². The fourth-order valence-corrected chi connectivity index (χ4v) is 3.32. The van der Waals surface area contributed by atoms with Gasteiger partial charge in [-0.1, -0.05) is 25.4 Å². The van der Waals surface area contributed by atoms with E-state index < -0.39 is 5.60 Å². The van der Waals surface area contributed by atoms with E-state index in [2.05, 4.69) is 20.6 Å². The van der Waals surface area contributed by atoms with E-state index in [-0.39, 0.29) is 29.9 Å². The molecule has 8 nitrogen and oxygen atoms in total. The SMILES string of the molecule is CCN[C@H]1CN(C(=O)OC(C)(C)C)CC[C@@H]1NC(=O)c1nc(Cl)c(CC)[nH]1. The average Bonchev–Trinajstić information content (AvgIpc) is 2.96. The van der Waals surface area contributed by atoms with E-state index in [1.165, 1.54) is 0 Å². The van der Waals surface area contributed by atoms with Gasteiger partial charge in [0, 0.05) is 25.2 Å². The minimum atomic E-state index is -0.536. The number of hydrogen-bond donors (Lipinski definition) is 3. The van der Waals surface area contributed by atoms with Crippen molar-refractivity contribution in [3.63, 3.8) is 0 Å². The molecule has 2 heterocycles. The van der Waals surface area contributed by atoms with Crippen LogP contribution in [0.4, 0.5) is 4.79 Å². The molecule has 0 bridgehead atoms. The molecule has 2 amide bonds. The van der Waals surface area contributed by atoms with Gasteiger partial charge in [-0.15, -0.1) is 0 Å². The molecule has 0 radical (unpaired) electrons. The van der Waals surface area contributed by atoms with E-state index in [1.54, 1.807) is 4.90 Å². The zero-order valence-electron chi connectivity index (χ0n) is 16.7. The van der Waals surface area contributed by atoms with Crippen LogP contribution in [-0.2, 0) is 11.2 Å². The highest BCUT2D eigenvalue weighted by Gasteiger charge is 2.34. The first kappa shape index (κ1) is 21.5. The number of likely N-dealkylation sites (N-methyl/N-ethyl adjacent to an activating group) is 1. The summed E-state index contributed by atoms with van der Waals surface area (Å²) in [6, 6.07) is -0.193. The van der Waals surface area contributed by atoms with Crippen molar-refractivity contribution >= 4 is 23.6 Å². The summed E-state index contributed by atoms with van der Waals surface area (Å²) >= 11 is 6.02. The van der Waals surface area contributed by atoms with Gasteiger partial charge in [-0.2, -0.15) is 0 Å². The highest BCUT2D eigenvalue weighted by Crippen LogP contribution is 2.17. The van der Waals surface area contributed by atoms with Crippen LogP contribution in [0, 0.1) is 0 Å². The van der Waals surface area contributed by atoms with Crippen LogP contribution in [0.5, 0.6) is 0 Å². The number of halogens is 1. The van der Waals surface area contributed by atoms with E-state index in [4.69, 9.17) is 16.3 Å². The van der Waals surface area contributed by atoms with E-state index >= 15 is 0 Å². The van der Waals surface area contributed by atoms with Crippen LogP contribution in [0.1, 0.15) is 57.4 Å². The van der Waals surface area contributed by atoms with E-state index in [0.717, 1.165) is 12.2 Å². The van der Waals surface area contributed by atoms with Crippen molar-refractivity contribution in [1.29, 1.82) is 0 Å². The zero-order chi connectivity index (χ0) is 20.2. The summed E-state index contributed by atoms with van der Waals surface area (Å²) in [7, 11) is 0. The van der Waals surface area contributed by atoms with Gasteiger partial charge in [-0.25, -0.2) is 9.78 Å². The summed E-state index contributed by atoms with van der Waals surface area (Å²) in [5.41, 5.74) is 0.204. The molecular weight excluding hydrogens is 370 g/mol. The minimum absolute atomic E-state index is 0.0729. The molecule has 0 saturated carbocycles. The third kappa shape index (κ3) is 5.84. The molecule has 1 fully saturated rings. The monoisotopic (exact) mass is 399 g/mol. The van der Waals surface area contributed by atoms with E-state index in [9.17, 15) is 9.59 Å². The molecule has 27 heavy (non-hydrogen) atoms. The summed E-state index contributed by atoms with van der Waals surface area (Å²) in [6.45, 7) is 11.2. The Hall–Kier alpha value is -1.80. The highest BCUT2D eigenvalue weighted by molar-refractivity contribution is 6.30. The first-order valence-electron chi connectivity index (χ1n) is 9.41. The molecule has 0 aliphatic carbocycles. The number of nitrogens with one attached hydrogen (secondary N) is 3. The predicted octanol–water partition coefficient (Wildman–Crippen LogP) is 2.34. The molecule has 3 N–H and O–H groups in total. The number of carbonyl (C=O) groups is 2. The number of H-pyrrole nitrogens is 1. The number of imidazole rings is 1. The number of nitrogens with zero attached hydrogens (tertiary/aromatic N) is 2.